The number of aromatic nitrogens is 2. The number of halogens is 8. The van der Waals surface area contributed by atoms with E-state index in [9.17, 15) is 26.3 Å². The van der Waals surface area contributed by atoms with Crippen LogP contribution in [0.2, 0.25) is 5.02 Å². The van der Waals surface area contributed by atoms with Gasteiger partial charge >= 0.3 is 18.0 Å². The summed E-state index contributed by atoms with van der Waals surface area (Å²) < 4.78 is 99.8. The summed E-state index contributed by atoms with van der Waals surface area (Å²) in [6, 6.07) is 17.1. The molecule has 0 saturated heterocycles. The van der Waals surface area contributed by atoms with Crippen molar-refractivity contribution in [3.63, 3.8) is 0 Å². The Morgan fingerprint density at radius 2 is 1.35 bits per heavy atom. The molecule has 0 bridgehead atoms. The lowest BCUT2D eigenvalue weighted by Gasteiger charge is -2.31. The molecule has 0 aliphatic rings. The number of fused-ring (bicyclic) bond motifs is 2. The Kier molecular flexibility index (Phi) is 5.82. The number of alkyl halides is 7. The molecule has 0 atom stereocenters. The van der Waals surface area contributed by atoms with E-state index in [1.54, 1.807) is 25.1 Å². The maximum atomic E-state index is 15.2. The van der Waals surface area contributed by atoms with Crippen LogP contribution < -0.4 is 0 Å². The van der Waals surface area contributed by atoms with Crippen molar-refractivity contribution in [2.75, 3.05) is 0 Å². The summed E-state index contributed by atoms with van der Waals surface area (Å²) in [5.41, 5.74) is -5.22. The number of hydrogen-bond donors (Lipinski definition) is 0. The topological polar surface area (TPSA) is 9.86 Å². The fraction of sp³-hybridized carbons (Fsp3) is 0.185. The van der Waals surface area contributed by atoms with Gasteiger partial charge in [0.1, 0.15) is 0 Å². The van der Waals surface area contributed by atoms with E-state index in [0.29, 0.717) is 16.2 Å². The van der Waals surface area contributed by atoms with Crippen molar-refractivity contribution >= 4 is 33.3 Å². The molecule has 0 N–H and O–H groups in total. The second-order valence-corrected chi connectivity index (χ2v) is 9.32. The first-order valence-corrected chi connectivity index (χ1v) is 11.5. The molecule has 0 amide bonds. The maximum absolute atomic E-state index is 15.2. The number of benzene rings is 3. The van der Waals surface area contributed by atoms with Crippen molar-refractivity contribution in [2.24, 2.45) is 0 Å². The first kappa shape index (κ1) is 25.2. The minimum Gasteiger partial charge on any atom is -0.337 e. The van der Waals surface area contributed by atoms with Gasteiger partial charge in [-0.1, -0.05) is 48.0 Å². The third kappa shape index (κ3) is 4.15. The van der Waals surface area contributed by atoms with Crippen LogP contribution in [-0.4, -0.2) is 21.5 Å². The van der Waals surface area contributed by atoms with E-state index in [1.807, 2.05) is 41.2 Å². The van der Waals surface area contributed by atoms with Crippen molar-refractivity contribution in [3.8, 4) is 5.69 Å². The summed E-state index contributed by atoms with van der Waals surface area (Å²) in [6.07, 6.45) is -8.64. The van der Waals surface area contributed by atoms with Gasteiger partial charge in [-0.3, -0.25) is 0 Å². The van der Waals surface area contributed by atoms with Gasteiger partial charge in [0.05, 0.1) is 5.69 Å². The molecule has 0 aliphatic carbocycles. The fourth-order valence-electron chi connectivity index (χ4n) is 4.66. The smallest absolute Gasteiger partial charge is 0.337 e. The van der Waals surface area contributed by atoms with Gasteiger partial charge in [-0.05, 0) is 59.2 Å². The van der Waals surface area contributed by atoms with Crippen molar-refractivity contribution in [1.29, 1.82) is 0 Å². The Bertz CT molecular complexity index is 1580. The van der Waals surface area contributed by atoms with Crippen LogP contribution in [0.3, 0.4) is 0 Å². The van der Waals surface area contributed by atoms with E-state index in [4.69, 9.17) is 11.6 Å². The molecule has 0 radical (unpaired) electrons. The molecule has 0 fully saturated rings. The highest BCUT2D eigenvalue weighted by Crippen LogP contribution is 2.54. The normalized spacial score (nSPS) is 13.1. The molecule has 0 unspecified atom stereocenters. The maximum Gasteiger partial charge on any atom is 0.437 e. The van der Waals surface area contributed by atoms with E-state index in [-0.39, 0.29) is 15.9 Å². The second-order valence-electron chi connectivity index (χ2n) is 8.89. The molecule has 192 valence electrons. The molecule has 5 rings (SSSR count). The zero-order valence-corrected chi connectivity index (χ0v) is 19.9. The molecule has 2 aromatic heterocycles. The predicted molar refractivity (Wildman–Crippen MR) is 129 cm³/mol. The SMILES string of the molecule is Cc1cc(Cn2c(C(F)(C(F)(F)F)C(F)(F)F)cc3cc(Cl)ccc32)ccc1-n1cc2ccccc2c1. The highest BCUT2D eigenvalue weighted by atomic mass is 35.5. The zero-order chi connectivity index (χ0) is 26.8. The lowest BCUT2D eigenvalue weighted by molar-refractivity contribution is -0.350. The molecular weight excluding hydrogens is 521 g/mol. The Morgan fingerprint density at radius 3 is 1.92 bits per heavy atom. The Labute approximate surface area is 211 Å². The average Bonchev–Trinajstić information content (AvgIpc) is 3.38. The van der Waals surface area contributed by atoms with Crippen molar-refractivity contribution in [3.05, 3.63) is 101 Å². The van der Waals surface area contributed by atoms with Gasteiger partial charge in [0.15, 0.2) is 0 Å². The molecule has 0 saturated carbocycles. The van der Waals surface area contributed by atoms with Gasteiger partial charge in [-0.25, -0.2) is 4.39 Å². The largest absolute Gasteiger partial charge is 0.437 e. The Balaban J connectivity index is 1.63. The molecule has 2 nitrogen and oxygen atoms in total. The summed E-state index contributed by atoms with van der Waals surface area (Å²) in [5, 5.41) is 2.07. The zero-order valence-electron chi connectivity index (χ0n) is 19.1. The molecule has 3 aromatic carbocycles. The van der Waals surface area contributed by atoms with Crippen molar-refractivity contribution in [2.45, 2.75) is 31.5 Å². The van der Waals surface area contributed by atoms with Crippen LogP contribution >= 0.6 is 11.6 Å². The first-order valence-electron chi connectivity index (χ1n) is 11.1. The third-order valence-corrected chi connectivity index (χ3v) is 6.67. The number of rotatable bonds is 4. The summed E-state index contributed by atoms with van der Waals surface area (Å²) in [6.45, 7) is 1.36. The first-order chi connectivity index (χ1) is 17.3. The van der Waals surface area contributed by atoms with Crippen LogP contribution in [0.5, 0.6) is 0 Å². The van der Waals surface area contributed by atoms with Gasteiger partial charge in [-0.2, -0.15) is 26.3 Å². The van der Waals surface area contributed by atoms with Crippen LogP contribution in [-0.2, 0) is 12.2 Å². The Morgan fingerprint density at radius 1 is 0.730 bits per heavy atom. The number of hydrogen-bond acceptors (Lipinski definition) is 0. The van der Waals surface area contributed by atoms with Gasteiger partial charge in [-0.15, -0.1) is 0 Å². The minimum absolute atomic E-state index is 0.00619. The lowest BCUT2D eigenvalue weighted by Crippen LogP contribution is -2.51. The highest BCUT2D eigenvalue weighted by molar-refractivity contribution is 6.31. The van der Waals surface area contributed by atoms with Crippen LogP contribution in [0.1, 0.15) is 16.8 Å². The standard InChI is InChI=1S/C27H18ClF7N2/c1-16-10-17(6-8-22(16)36-14-18-4-2-3-5-19(18)15-36)13-37-23-9-7-21(28)11-20(23)12-24(37)25(29,26(30,31)32)27(33,34)35/h2-12,14-15H,13H2,1H3. The molecule has 0 spiro atoms. The summed E-state index contributed by atoms with van der Waals surface area (Å²) in [5.74, 6) is 0. The van der Waals surface area contributed by atoms with Crippen molar-refractivity contribution < 1.29 is 30.7 Å². The molecule has 0 aliphatic heterocycles. The van der Waals surface area contributed by atoms with Crippen LogP contribution in [0.25, 0.3) is 27.4 Å². The second kappa shape index (κ2) is 8.55. The predicted octanol–water partition coefficient (Wildman–Crippen LogP) is 8.88. The number of nitrogens with zero attached hydrogens (tertiary/aromatic N) is 2. The van der Waals surface area contributed by atoms with E-state index < -0.39 is 30.3 Å². The van der Waals surface area contributed by atoms with Gasteiger partial charge in [0.2, 0.25) is 0 Å². The number of aryl methyl sites for hydroxylation is 1. The third-order valence-electron chi connectivity index (χ3n) is 6.43. The molecule has 5 aromatic rings. The van der Waals surface area contributed by atoms with E-state index in [2.05, 4.69) is 0 Å². The van der Waals surface area contributed by atoms with Gasteiger partial charge in [0, 0.05) is 40.6 Å². The fourth-order valence-corrected chi connectivity index (χ4v) is 4.84. The van der Waals surface area contributed by atoms with Gasteiger partial charge in [0.25, 0.3) is 0 Å². The minimum atomic E-state index is -6.24. The van der Waals surface area contributed by atoms with Crippen LogP contribution in [0, 0.1) is 6.92 Å². The summed E-state index contributed by atoms with van der Waals surface area (Å²) in [4.78, 5) is 0. The van der Waals surface area contributed by atoms with Crippen molar-refractivity contribution in [1.82, 2.24) is 9.13 Å². The summed E-state index contributed by atoms with van der Waals surface area (Å²) >= 11 is 5.91. The molecule has 37 heavy (non-hydrogen) atoms. The quantitative estimate of drug-likeness (QED) is 0.202. The highest BCUT2D eigenvalue weighted by Gasteiger charge is 2.74. The lowest BCUT2D eigenvalue weighted by atomic mass is 9.99. The molecular formula is C27H18ClF7N2. The van der Waals surface area contributed by atoms with E-state index in [0.717, 1.165) is 22.0 Å². The van der Waals surface area contributed by atoms with E-state index in [1.165, 1.54) is 18.2 Å². The average molecular weight is 539 g/mol. The molecule has 2 heterocycles. The van der Waals surface area contributed by atoms with Crippen LogP contribution in [0.15, 0.2) is 79.1 Å². The monoisotopic (exact) mass is 538 g/mol. The van der Waals surface area contributed by atoms with E-state index >= 15 is 4.39 Å². The van der Waals surface area contributed by atoms with Gasteiger partial charge < -0.3 is 9.13 Å². The summed E-state index contributed by atoms with van der Waals surface area (Å²) in [7, 11) is 0. The molecule has 10 heteroatoms. The van der Waals surface area contributed by atoms with Crippen LogP contribution in [0.4, 0.5) is 30.7 Å². The Hall–Kier alpha value is -3.46.